The number of amides is 3. The second-order valence-corrected chi connectivity index (χ2v) is 10.1. The van der Waals surface area contributed by atoms with E-state index in [1.54, 1.807) is 18.7 Å². The Morgan fingerprint density at radius 2 is 1.62 bits per heavy atom. The second kappa shape index (κ2) is 10.6. The molecule has 1 aliphatic rings. The molecule has 1 N–H and O–H groups in total. The van der Waals surface area contributed by atoms with Crippen molar-refractivity contribution < 1.29 is 22.8 Å². The number of nitrogens with one attached hydrogen (secondary N) is 1. The summed E-state index contributed by atoms with van der Waals surface area (Å²) in [5.41, 5.74) is 3.57. The van der Waals surface area contributed by atoms with Crippen molar-refractivity contribution in [2.75, 3.05) is 16.8 Å². The second-order valence-electron chi connectivity index (χ2n) is 10.1. The molecule has 0 bridgehead atoms. The van der Waals surface area contributed by atoms with Gasteiger partial charge in [0.15, 0.2) is 0 Å². The summed E-state index contributed by atoms with van der Waals surface area (Å²) in [6.07, 6.45) is -2.58. The van der Waals surface area contributed by atoms with Crippen LogP contribution in [0.15, 0.2) is 91.1 Å². The Morgan fingerprint density at radius 1 is 0.925 bits per heavy atom. The summed E-state index contributed by atoms with van der Waals surface area (Å²) in [7, 11) is 0. The van der Waals surface area contributed by atoms with Crippen LogP contribution < -0.4 is 10.2 Å². The van der Waals surface area contributed by atoms with E-state index in [4.69, 9.17) is 0 Å². The van der Waals surface area contributed by atoms with E-state index >= 15 is 0 Å². The first-order valence-corrected chi connectivity index (χ1v) is 12.9. The number of rotatable bonds is 5. The molecule has 3 amide bonds. The van der Waals surface area contributed by atoms with Crippen LogP contribution in [-0.4, -0.2) is 34.0 Å². The SMILES string of the molecule is Cc1ccc(C2c3cccn3-c3ccccc3N2C(=O)CN(C(=O)Nc2cccc(C(F)(F)F)c2)C(C)C)cc1. The van der Waals surface area contributed by atoms with Crippen LogP contribution in [0.1, 0.15) is 42.3 Å². The van der Waals surface area contributed by atoms with Crippen LogP contribution in [0, 0.1) is 6.92 Å². The summed E-state index contributed by atoms with van der Waals surface area (Å²) < 4.78 is 41.7. The van der Waals surface area contributed by atoms with E-state index < -0.39 is 29.9 Å². The molecule has 6 nitrogen and oxygen atoms in total. The van der Waals surface area contributed by atoms with Crippen LogP contribution in [0.25, 0.3) is 5.69 Å². The van der Waals surface area contributed by atoms with Crippen LogP contribution in [0.4, 0.5) is 29.3 Å². The molecule has 5 rings (SSSR count). The smallest absolute Gasteiger partial charge is 0.316 e. The Kier molecular flexibility index (Phi) is 7.14. The van der Waals surface area contributed by atoms with E-state index in [0.717, 1.165) is 34.6 Å². The van der Waals surface area contributed by atoms with Gasteiger partial charge in [0.1, 0.15) is 12.6 Å². The van der Waals surface area contributed by atoms with E-state index in [9.17, 15) is 22.8 Å². The van der Waals surface area contributed by atoms with Gasteiger partial charge in [0, 0.05) is 17.9 Å². The van der Waals surface area contributed by atoms with Crippen LogP contribution in [0.5, 0.6) is 0 Å². The van der Waals surface area contributed by atoms with E-state index in [-0.39, 0.29) is 18.1 Å². The summed E-state index contributed by atoms with van der Waals surface area (Å²) >= 11 is 0. The van der Waals surface area contributed by atoms with Crippen molar-refractivity contribution in [1.29, 1.82) is 0 Å². The van der Waals surface area contributed by atoms with E-state index in [1.165, 1.54) is 17.0 Å². The summed E-state index contributed by atoms with van der Waals surface area (Å²) in [6, 6.07) is 22.4. The third-order valence-electron chi connectivity index (χ3n) is 7.01. The normalized spacial score (nSPS) is 14.5. The predicted molar refractivity (Wildman–Crippen MR) is 149 cm³/mol. The summed E-state index contributed by atoms with van der Waals surface area (Å²) in [5.74, 6) is -0.321. The number of nitrogens with zero attached hydrogens (tertiary/aromatic N) is 3. The zero-order valence-electron chi connectivity index (χ0n) is 22.3. The Balaban J connectivity index is 1.48. The molecule has 0 fully saturated rings. The first-order valence-electron chi connectivity index (χ1n) is 12.9. The minimum Gasteiger partial charge on any atom is -0.316 e. The summed E-state index contributed by atoms with van der Waals surface area (Å²) in [4.78, 5) is 30.5. The minimum absolute atomic E-state index is 0.00315. The molecule has 1 unspecified atom stereocenters. The number of alkyl halides is 3. The lowest BCUT2D eigenvalue weighted by Crippen LogP contribution is -2.49. The number of para-hydroxylation sites is 2. The number of aromatic nitrogens is 1. The number of anilines is 2. The number of benzene rings is 3. The molecule has 0 saturated heterocycles. The number of carbonyl (C=O) groups is 2. The van der Waals surface area contributed by atoms with Gasteiger partial charge < -0.3 is 14.8 Å². The van der Waals surface area contributed by atoms with Crippen molar-refractivity contribution in [2.24, 2.45) is 0 Å². The third-order valence-corrected chi connectivity index (χ3v) is 7.01. The molecule has 4 aromatic rings. The van der Waals surface area contributed by atoms with Crippen LogP contribution in [0.2, 0.25) is 0 Å². The van der Waals surface area contributed by atoms with Gasteiger partial charge in [0.25, 0.3) is 0 Å². The molecular weight excluding hydrogens is 517 g/mol. The van der Waals surface area contributed by atoms with Gasteiger partial charge in [-0.15, -0.1) is 0 Å². The minimum atomic E-state index is -4.54. The van der Waals surface area contributed by atoms with Gasteiger partial charge in [-0.05, 0) is 68.8 Å². The maximum atomic E-state index is 14.1. The van der Waals surface area contributed by atoms with Crippen molar-refractivity contribution in [1.82, 2.24) is 9.47 Å². The van der Waals surface area contributed by atoms with Crippen molar-refractivity contribution in [3.05, 3.63) is 114 Å². The van der Waals surface area contributed by atoms with Gasteiger partial charge in [0.2, 0.25) is 5.91 Å². The number of hydrogen-bond donors (Lipinski definition) is 1. The molecule has 2 heterocycles. The highest BCUT2D eigenvalue weighted by Crippen LogP contribution is 2.42. The highest BCUT2D eigenvalue weighted by molar-refractivity contribution is 6.01. The Bertz CT molecular complexity index is 1540. The monoisotopic (exact) mass is 546 g/mol. The van der Waals surface area contributed by atoms with Crippen molar-refractivity contribution in [3.63, 3.8) is 0 Å². The first-order chi connectivity index (χ1) is 19.0. The van der Waals surface area contributed by atoms with Crippen molar-refractivity contribution in [2.45, 2.75) is 39.0 Å². The molecule has 40 heavy (non-hydrogen) atoms. The maximum Gasteiger partial charge on any atom is 0.416 e. The third kappa shape index (κ3) is 5.19. The van der Waals surface area contributed by atoms with Gasteiger partial charge >= 0.3 is 12.2 Å². The zero-order chi connectivity index (χ0) is 28.6. The van der Waals surface area contributed by atoms with Gasteiger partial charge in [-0.3, -0.25) is 9.69 Å². The molecule has 1 aliphatic heterocycles. The number of hydrogen-bond acceptors (Lipinski definition) is 2. The van der Waals surface area contributed by atoms with E-state index in [0.29, 0.717) is 5.69 Å². The Morgan fingerprint density at radius 3 is 2.30 bits per heavy atom. The molecule has 0 aliphatic carbocycles. The average molecular weight is 547 g/mol. The molecule has 1 atom stereocenters. The topological polar surface area (TPSA) is 57.6 Å². The summed E-state index contributed by atoms with van der Waals surface area (Å²) in [5, 5.41) is 2.54. The number of fused-ring (bicyclic) bond motifs is 3. The Hall–Kier alpha value is -4.53. The predicted octanol–water partition coefficient (Wildman–Crippen LogP) is 7.18. The molecular formula is C31H29F3N4O2. The largest absolute Gasteiger partial charge is 0.416 e. The quantitative estimate of drug-likeness (QED) is 0.288. The standard InChI is InChI=1S/C31H29F3N4O2/c1-20(2)37(30(40)35-24-9-6-8-23(18-24)31(32,33)34)19-28(39)38-26-11-5-4-10-25(26)36-17-7-12-27(36)29(38)22-15-13-21(3)14-16-22/h4-18,20,29H,19H2,1-3H3,(H,35,40). The van der Waals surface area contributed by atoms with E-state index in [2.05, 4.69) is 9.88 Å². The fourth-order valence-electron chi connectivity index (χ4n) is 5.01. The zero-order valence-corrected chi connectivity index (χ0v) is 22.3. The Labute approximate surface area is 230 Å². The van der Waals surface area contributed by atoms with Gasteiger partial charge in [-0.2, -0.15) is 13.2 Å². The number of urea groups is 1. The van der Waals surface area contributed by atoms with Gasteiger partial charge in [0.05, 0.1) is 22.6 Å². The van der Waals surface area contributed by atoms with E-state index in [1.807, 2.05) is 73.8 Å². The summed E-state index contributed by atoms with van der Waals surface area (Å²) in [6.45, 7) is 5.23. The van der Waals surface area contributed by atoms with Crippen molar-refractivity contribution in [3.8, 4) is 5.69 Å². The lowest BCUT2D eigenvalue weighted by atomic mass is 9.97. The van der Waals surface area contributed by atoms with Crippen molar-refractivity contribution >= 4 is 23.3 Å². The highest BCUT2D eigenvalue weighted by Gasteiger charge is 2.37. The van der Waals surface area contributed by atoms with Gasteiger partial charge in [-0.25, -0.2) is 4.79 Å². The first kappa shape index (κ1) is 27.1. The maximum absolute atomic E-state index is 14.1. The molecule has 206 valence electrons. The molecule has 1 aromatic heterocycles. The molecule has 9 heteroatoms. The fraction of sp³-hybridized carbons (Fsp3) is 0.226. The highest BCUT2D eigenvalue weighted by atomic mass is 19.4. The van der Waals surface area contributed by atoms with Crippen LogP contribution in [-0.2, 0) is 11.0 Å². The molecule has 0 saturated carbocycles. The molecule has 0 radical (unpaired) electrons. The fourth-order valence-corrected chi connectivity index (χ4v) is 5.01. The lowest BCUT2D eigenvalue weighted by molar-refractivity contribution is -0.137. The molecule has 0 spiro atoms. The van der Waals surface area contributed by atoms with Crippen LogP contribution >= 0.6 is 0 Å². The number of aryl methyl sites for hydroxylation is 1. The van der Waals surface area contributed by atoms with Gasteiger partial charge in [-0.1, -0.05) is 48.0 Å². The number of carbonyl (C=O) groups excluding carboxylic acids is 2. The van der Waals surface area contributed by atoms with Crippen LogP contribution in [0.3, 0.4) is 0 Å². The lowest BCUT2D eigenvalue weighted by Gasteiger charge is -2.40. The number of halogens is 3. The molecule has 3 aromatic carbocycles. The average Bonchev–Trinajstić information content (AvgIpc) is 3.41.